The highest BCUT2D eigenvalue weighted by molar-refractivity contribution is 5.95. The smallest absolute Gasteiger partial charge is 0.251 e. The van der Waals surface area contributed by atoms with E-state index in [1.54, 1.807) is 0 Å². The zero-order valence-corrected chi connectivity index (χ0v) is 11.5. The molecule has 3 heteroatoms. The third-order valence-electron chi connectivity index (χ3n) is 3.59. The van der Waals surface area contributed by atoms with Crippen LogP contribution in [0.1, 0.15) is 41.3 Å². The molecule has 1 saturated carbocycles. The van der Waals surface area contributed by atoms with Gasteiger partial charge in [0.15, 0.2) is 0 Å². The van der Waals surface area contributed by atoms with Crippen LogP contribution in [0.25, 0.3) is 0 Å². The van der Waals surface area contributed by atoms with Crippen LogP contribution < -0.4 is 11.1 Å². The SMILES string of the molecule is CCC1CC1NC(=O)c1ccc(C)c(C#CCN)c1. The van der Waals surface area contributed by atoms with E-state index in [-0.39, 0.29) is 5.91 Å². The average molecular weight is 256 g/mol. The Labute approximate surface area is 114 Å². The van der Waals surface area contributed by atoms with Crippen molar-refractivity contribution in [3.8, 4) is 11.8 Å². The van der Waals surface area contributed by atoms with Crippen molar-refractivity contribution in [1.82, 2.24) is 5.32 Å². The summed E-state index contributed by atoms with van der Waals surface area (Å²) in [6, 6.07) is 5.98. The van der Waals surface area contributed by atoms with E-state index in [9.17, 15) is 4.79 Å². The fourth-order valence-corrected chi connectivity index (χ4v) is 2.17. The number of nitrogens with one attached hydrogen (secondary N) is 1. The highest BCUT2D eigenvalue weighted by Crippen LogP contribution is 2.33. The Balaban J connectivity index is 2.09. The lowest BCUT2D eigenvalue weighted by Gasteiger charge is -2.06. The molecule has 3 N–H and O–H groups in total. The number of aryl methyl sites for hydroxylation is 1. The van der Waals surface area contributed by atoms with Gasteiger partial charge in [-0.05, 0) is 37.0 Å². The van der Waals surface area contributed by atoms with Crippen LogP contribution in [0.4, 0.5) is 0 Å². The minimum atomic E-state index is -0.00301. The number of nitrogens with two attached hydrogens (primary N) is 1. The number of carbonyl (C=O) groups is 1. The molecule has 100 valence electrons. The maximum atomic E-state index is 12.1. The maximum absolute atomic E-state index is 12.1. The monoisotopic (exact) mass is 256 g/mol. The third kappa shape index (κ3) is 3.36. The first kappa shape index (κ1) is 13.6. The van der Waals surface area contributed by atoms with E-state index in [0.717, 1.165) is 24.0 Å². The van der Waals surface area contributed by atoms with Gasteiger partial charge in [0.05, 0.1) is 6.54 Å². The van der Waals surface area contributed by atoms with E-state index in [2.05, 4.69) is 24.1 Å². The van der Waals surface area contributed by atoms with Crippen molar-refractivity contribution in [2.45, 2.75) is 32.7 Å². The zero-order valence-electron chi connectivity index (χ0n) is 11.5. The second kappa shape index (κ2) is 5.90. The maximum Gasteiger partial charge on any atom is 0.251 e. The number of benzene rings is 1. The number of amides is 1. The highest BCUT2D eigenvalue weighted by Gasteiger charge is 2.36. The first-order valence-electron chi connectivity index (χ1n) is 6.76. The van der Waals surface area contributed by atoms with Gasteiger partial charge < -0.3 is 11.1 Å². The normalized spacial score (nSPS) is 20.4. The van der Waals surface area contributed by atoms with E-state index in [1.165, 1.54) is 0 Å². The highest BCUT2D eigenvalue weighted by atomic mass is 16.1. The Morgan fingerprint density at radius 1 is 1.53 bits per heavy atom. The van der Waals surface area contributed by atoms with Crippen LogP contribution in [0.3, 0.4) is 0 Å². The standard InChI is InChI=1S/C16H20N2O/c1-3-12-10-15(12)18-16(19)14-7-6-11(2)13(9-14)5-4-8-17/h6-7,9,12,15H,3,8,10,17H2,1-2H3,(H,18,19). The van der Waals surface area contributed by atoms with Gasteiger partial charge in [-0.15, -0.1) is 0 Å². The molecule has 2 unspecified atom stereocenters. The van der Waals surface area contributed by atoms with Gasteiger partial charge in [-0.1, -0.05) is 31.3 Å². The summed E-state index contributed by atoms with van der Waals surface area (Å²) >= 11 is 0. The van der Waals surface area contributed by atoms with Crippen molar-refractivity contribution in [2.75, 3.05) is 6.54 Å². The van der Waals surface area contributed by atoms with Crippen LogP contribution in [0, 0.1) is 24.7 Å². The minimum absolute atomic E-state index is 0.00301. The van der Waals surface area contributed by atoms with Crippen molar-refractivity contribution in [2.24, 2.45) is 11.7 Å². The molecule has 0 bridgehead atoms. The summed E-state index contributed by atoms with van der Waals surface area (Å²) < 4.78 is 0. The lowest BCUT2D eigenvalue weighted by molar-refractivity contribution is 0.0949. The van der Waals surface area contributed by atoms with E-state index >= 15 is 0 Å². The van der Waals surface area contributed by atoms with Crippen LogP contribution in [0.15, 0.2) is 18.2 Å². The molecule has 0 spiro atoms. The molecule has 1 aliphatic rings. The molecule has 1 fully saturated rings. The molecule has 1 amide bonds. The number of rotatable bonds is 3. The number of hydrogen-bond acceptors (Lipinski definition) is 2. The van der Waals surface area contributed by atoms with Crippen LogP contribution in [0.2, 0.25) is 0 Å². The van der Waals surface area contributed by atoms with E-state index in [1.807, 2.05) is 25.1 Å². The molecule has 0 saturated heterocycles. The molecule has 2 rings (SSSR count). The summed E-state index contributed by atoms with van der Waals surface area (Å²) in [7, 11) is 0. The van der Waals surface area contributed by atoms with Crippen molar-refractivity contribution in [1.29, 1.82) is 0 Å². The molecule has 1 aliphatic carbocycles. The van der Waals surface area contributed by atoms with Crippen LogP contribution >= 0.6 is 0 Å². The summed E-state index contributed by atoms with van der Waals surface area (Å²) in [5.41, 5.74) is 7.99. The number of carbonyl (C=O) groups excluding carboxylic acids is 1. The third-order valence-corrected chi connectivity index (χ3v) is 3.59. The Kier molecular flexibility index (Phi) is 4.24. The van der Waals surface area contributed by atoms with Crippen molar-refractivity contribution < 1.29 is 4.79 Å². The number of hydrogen-bond donors (Lipinski definition) is 2. The largest absolute Gasteiger partial charge is 0.349 e. The summed E-state index contributed by atoms with van der Waals surface area (Å²) in [4.78, 5) is 12.1. The zero-order chi connectivity index (χ0) is 13.8. The molecule has 3 nitrogen and oxygen atoms in total. The van der Waals surface area contributed by atoms with Gasteiger partial charge in [-0.25, -0.2) is 0 Å². The van der Waals surface area contributed by atoms with Gasteiger partial charge in [0, 0.05) is 17.2 Å². The minimum Gasteiger partial charge on any atom is -0.349 e. The molecule has 2 atom stereocenters. The van der Waals surface area contributed by atoms with Gasteiger partial charge in [0.25, 0.3) is 5.91 Å². The van der Waals surface area contributed by atoms with Gasteiger partial charge in [-0.3, -0.25) is 4.79 Å². The Morgan fingerprint density at radius 2 is 2.32 bits per heavy atom. The average Bonchev–Trinajstić information content (AvgIpc) is 3.16. The predicted molar refractivity (Wildman–Crippen MR) is 76.8 cm³/mol. The summed E-state index contributed by atoms with van der Waals surface area (Å²) in [6.07, 6.45) is 2.24. The van der Waals surface area contributed by atoms with Crippen LogP contribution in [-0.4, -0.2) is 18.5 Å². The van der Waals surface area contributed by atoms with E-state index < -0.39 is 0 Å². The molecule has 0 radical (unpaired) electrons. The molecule has 1 aromatic carbocycles. The topological polar surface area (TPSA) is 55.1 Å². The quantitative estimate of drug-likeness (QED) is 0.811. The van der Waals surface area contributed by atoms with Gasteiger partial charge >= 0.3 is 0 Å². The second-order valence-electron chi connectivity index (χ2n) is 5.02. The molecule has 19 heavy (non-hydrogen) atoms. The van der Waals surface area contributed by atoms with E-state index in [4.69, 9.17) is 5.73 Å². The molecule has 0 heterocycles. The van der Waals surface area contributed by atoms with Gasteiger partial charge in [-0.2, -0.15) is 0 Å². The van der Waals surface area contributed by atoms with Crippen LogP contribution in [0.5, 0.6) is 0 Å². The molecular weight excluding hydrogens is 236 g/mol. The first-order chi connectivity index (χ1) is 9.15. The second-order valence-corrected chi connectivity index (χ2v) is 5.02. The predicted octanol–water partition coefficient (Wildman–Crippen LogP) is 1.83. The summed E-state index contributed by atoms with van der Waals surface area (Å²) in [5.74, 6) is 6.48. The lowest BCUT2D eigenvalue weighted by Crippen LogP contribution is -2.26. The van der Waals surface area contributed by atoms with E-state index in [0.29, 0.717) is 24.1 Å². The molecule has 0 aromatic heterocycles. The Bertz CT molecular complexity index is 539. The van der Waals surface area contributed by atoms with Gasteiger partial charge in [0.1, 0.15) is 0 Å². The fourth-order valence-electron chi connectivity index (χ4n) is 2.17. The summed E-state index contributed by atoms with van der Waals surface area (Å²) in [6.45, 7) is 4.47. The van der Waals surface area contributed by atoms with Crippen molar-refractivity contribution >= 4 is 5.91 Å². The lowest BCUT2D eigenvalue weighted by atomic mass is 10.0. The van der Waals surface area contributed by atoms with Crippen molar-refractivity contribution in [3.63, 3.8) is 0 Å². The van der Waals surface area contributed by atoms with Crippen LogP contribution in [-0.2, 0) is 0 Å². The Morgan fingerprint density at radius 3 is 2.95 bits per heavy atom. The molecule has 1 aromatic rings. The fraction of sp³-hybridized carbons (Fsp3) is 0.438. The first-order valence-corrected chi connectivity index (χ1v) is 6.76. The van der Waals surface area contributed by atoms with Crippen molar-refractivity contribution in [3.05, 3.63) is 34.9 Å². The van der Waals surface area contributed by atoms with Gasteiger partial charge in [0.2, 0.25) is 0 Å². The Hall–Kier alpha value is -1.79. The molecular formula is C16H20N2O. The molecule has 0 aliphatic heterocycles. The summed E-state index contributed by atoms with van der Waals surface area (Å²) in [5, 5.41) is 3.06.